The highest BCUT2D eigenvalue weighted by Crippen LogP contribution is 2.31. The van der Waals surface area contributed by atoms with Crippen LogP contribution in [0.25, 0.3) is 0 Å². The number of aryl methyl sites for hydroxylation is 1. The van der Waals surface area contributed by atoms with Crippen molar-refractivity contribution in [3.05, 3.63) is 63.2 Å². The summed E-state index contributed by atoms with van der Waals surface area (Å²) in [5, 5.41) is 11.0. The minimum atomic E-state index is -0.697. The number of nitro groups is 1. The molecule has 0 fully saturated rings. The number of ether oxygens (including phenoxy) is 3. The predicted octanol–water partition coefficient (Wildman–Crippen LogP) is 2.71. The van der Waals surface area contributed by atoms with E-state index in [1.54, 1.807) is 13.0 Å². The molecule has 0 amide bonds. The number of ketones is 1. The number of hydrogen-bond acceptors (Lipinski definition) is 7. The van der Waals surface area contributed by atoms with Gasteiger partial charge in [-0.05, 0) is 25.1 Å². The third-order valence-electron chi connectivity index (χ3n) is 3.84. The maximum atomic E-state index is 12.2. The quantitative estimate of drug-likeness (QED) is 0.350. The van der Waals surface area contributed by atoms with Gasteiger partial charge >= 0.3 is 5.97 Å². The van der Waals surface area contributed by atoms with E-state index in [0.717, 1.165) is 0 Å². The second-order valence-electron chi connectivity index (χ2n) is 5.62. The van der Waals surface area contributed by atoms with Gasteiger partial charge in [-0.15, -0.1) is 0 Å². The molecule has 0 aliphatic carbocycles. The zero-order valence-corrected chi connectivity index (χ0v) is 13.9. The van der Waals surface area contributed by atoms with E-state index >= 15 is 0 Å². The highest BCUT2D eigenvalue weighted by molar-refractivity contribution is 6.00. The van der Waals surface area contributed by atoms with Crippen LogP contribution in [0.4, 0.5) is 5.69 Å². The summed E-state index contributed by atoms with van der Waals surface area (Å²) >= 11 is 0. The maximum Gasteiger partial charge on any atom is 0.338 e. The van der Waals surface area contributed by atoms with Crippen molar-refractivity contribution in [3.8, 4) is 11.5 Å². The van der Waals surface area contributed by atoms with Crippen molar-refractivity contribution >= 4 is 17.4 Å². The van der Waals surface area contributed by atoms with Gasteiger partial charge in [0.1, 0.15) is 13.2 Å². The summed E-state index contributed by atoms with van der Waals surface area (Å²) in [6.45, 7) is 1.88. The fourth-order valence-electron chi connectivity index (χ4n) is 2.45. The van der Waals surface area contributed by atoms with Gasteiger partial charge in [-0.1, -0.05) is 12.1 Å². The summed E-state index contributed by atoms with van der Waals surface area (Å²) in [6, 6.07) is 8.71. The lowest BCUT2D eigenvalue weighted by molar-refractivity contribution is -0.385. The Bertz CT molecular complexity index is 891. The highest BCUT2D eigenvalue weighted by Gasteiger charge is 2.19. The van der Waals surface area contributed by atoms with E-state index in [4.69, 9.17) is 14.2 Å². The van der Waals surface area contributed by atoms with E-state index in [-0.39, 0.29) is 16.8 Å². The lowest BCUT2D eigenvalue weighted by Crippen LogP contribution is -2.17. The van der Waals surface area contributed by atoms with Crippen molar-refractivity contribution in [2.24, 2.45) is 0 Å². The zero-order valence-electron chi connectivity index (χ0n) is 13.9. The largest absolute Gasteiger partial charge is 0.486 e. The first-order valence-electron chi connectivity index (χ1n) is 7.81. The van der Waals surface area contributed by atoms with Crippen molar-refractivity contribution < 1.29 is 28.7 Å². The van der Waals surface area contributed by atoms with Gasteiger partial charge < -0.3 is 14.2 Å². The van der Waals surface area contributed by atoms with E-state index in [9.17, 15) is 19.7 Å². The van der Waals surface area contributed by atoms with Crippen LogP contribution in [-0.2, 0) is 4.74 Å². The Morgan fingerprint density at radius 3 is 2.50 bits per heavy atom. The number of nitro benzene ring substituents is 1. The molecule has 0 atom stereocenters. The monoisotopic (exact) mass is 357 g/mol. The van der Waals surface area contributed by atoms with Crippen LogP contribution >= 0.6 is 0 Å². The van der Waals surface area contributed by atoms with Crippen LogP contribution in [0.3, 0.4) is 0 Å². The molecule has 0 radical (unpaired) electrons. The molecular formula is C18H15NO7. The predicted molar refractivity (Wildman–Crippen MR) is 89.9 cm³/mol. The summed E-state index contributed by atoms with van der Waals surface area (Å²) < 4.78 is 15.8. The number of carbonyl (C=O) groups excluding carboxylic acids is 2. The molecule has 0 spiro atoms. The minimum absolute atomic E-state index is 0.109. The molecule has 0 saturated heterocycles. The van der Waals surface area contributed by atoms with Crippen LogP contribution in [0.2, 0.25) is 0 Å². The van der Waals surface area contributed by atoms with Crippen LogP contribution in [-0.4, -0.2) is 36.5 Å². The number of carbonyl (C=O) groups is 2. The molecule has 26 heavy (non-hydrogen) atoms. The number of rotatable bonds is 5. The number of benzene rings is 2. The molecule has 0 bridgehead atoms. The van der Waals surface area contributed by atoms with E-state index in [1.807, 2.05) is 0 Å². The van der Waals surface area contributed by atoms with Crippen molar-refractivity contribution in [3.63, 3.8) is 0 Å². The number of esters is 1. The van der Waals surface area contributed by atoms with E-state index in [0.29, 0.717) is 30.3 Å². The van der Waals surface area contributed by atoms with Crippen LogP contribution in [0.5, 0.6) is 11.5 Å². The molecule has 0 saturated carbocycles. The van der Waals surface area contributed by atoms with Crippen LogP contribution in [0, 0.1) is 17.0 Å². The average molecular weight is 357 g/mol. The topological polar surface area (TPSA) is 105 Å². The Morgan fingerprint density at radius 2 is 1.77 bits per heavy atom. The molecule has 8 heteroatoms. The third-order valence-corrected chi connectivity index (χ3v) is 3.84. The summed E-state index contributed by atoms with van der Waals surface area (Å²) in [6.07, 6.45) is 0. The molecule has 134 valence electrons. The lowest BCUT2D eigenvalue weighted by Gasteiger charge is -2.18. The van der Waals surface area contributed by atoms with E-state index < -0.39 is 23.3 Å². The first-order valence-corrected chi connectivity index (χ1v) is 7.81. The smallest absolute Gasteiger partial charge is 0.338 e. The van der Waals surface area contributed by atoms with E-state index in [1.165, 1.54) is 30.3 Å². The Kier molecular flexibility index (Phi) is 4.83. The van der Waals surface area contributed by atoms with Crippen LogP contribution in [0.15, 0.2) is 36.4 Å². The SMILES string of the molecule is Cc1ccc(C(=O)COC(=O)c2ccc3c(c2)OCCO3)cc1[N+](=O)[O-]. The zero-order chi connectivity index (χ0) is 18.7. The molecular weight excluding hydrogens is 342 g/mol. The number of hydrogen-bond donors (Lipinski definition) is 0. The molecule has 3 rings (SSSR count). The molecule has 0 unspecified atom stereocenters. The van der Waals surface area contributed by atoms with Gasteiger partial charge in [0.15, 0.2) is 18.1 Å². The third kappa shape index (κ3) is 3.64. The molecule has 1 aliphatic heterocycles. The standard InChI is InChI=1S/C18H15NO7/c1-11-2-3-12(8-14(11)19(22)23)15(20)10-26-18(21)13-4-5-16-17(9-13)25-7-6-24-16/h2-5,8-9H,6-7,10H2,1H3. The Labute approximate surface area is 148 Å². The van der Waals surface area contributed by atoms with Gasteiger partial charge in [0.2, 0.25) is 5.78 Å². The number of fused-ring (bicyclic) bond motifs is 1. The van der Waals surface area contributed by atoms with Crippen molar-refractivity contribution in [1.82, 2.24) is 0 Å². The van der Waals surface area contributed by atoms with Crippen LogP contribution < -0.4 is 9.47 Å². The van der Waals surface area contributed by atoms with E-state index in [2.05, 4.69) is 0 Å². The first-order chi connectivity index (χ1) is 12.5. The molecule has 0 N–H and O–H groups in total. The second kappa shape index (κ2) is 7.22. The average Bonchev–Trinajstić information content (AvgIpc) is 2.65. The van der Waals surface area contributed by atoms with Crippen molar-refractivity contribution in [2.45, 2.75) is 6.92 Å². The van der Waals surface area contributed by atoms with Gasteiger partial charge in [0.25, 0.3) is 5.69 Å². The molecule has 1 aliphatic rings. The Hall–Kier alpha value is -3.42. The lowest BCUT2D eigenvalue weighted by atomic mass is 10.1. The fraction of sp³-hybridized carbons (Fsp3) is 0.222. The van der Waals surface area contributed by atoms with Crippen molar-refractivity contribution in [2.75, 3.05) is 19.8 Å². The Balaban J connectivity index is 1.67. The molecule has 0 aromatic heterocycles. The summed E-state index contributed by atoms with van der Waals surface area (Å²) in [5.74, 6) is -0.252. The highest BCUT2D eigenvalue weighted by atomic mass is 16.6. The molecule has 2 aromatic carbocycles. The normalized spacial score (nSPS) is 12.3. The summed E-state index contributed by atoms with van der Waals surface area (Å²) in [7, 11) is 0. The summed E-state index contributed by atoms with van der Waals surface area (Å²) in [4.78, 5) is 34.7. The van der Waals surface area contributed by atoms with Gasteiger partial charge in [-0.25, -0.2) is 4.79 Å². The van der Waals surface area contributed by atoms with Gasteiger partial charge in [-0.3, -0.25) is 14.9 Å². The number of nitrogens with zero attached hydrogens (tertiary/aromatic N) is 1. The van der Waals surface area contributed by atoms with Gasteiger partial charge in [0, 0.05) is 17.2 Å². The fourth-order valence-corrected chi connectivity index (χ4v) is 2.45. The minimum Gasteiger partial charge on any atom is -0.486 e. The van der Waals surface area contributed by atoms with Gasteiger partial charge in [0.05, 0.1) is 10.5 Å². The molecule has 2 aromatic rings. The molecule has 8 nitrogen and oxygen atoms in total. The van der Waals surface area contributed by atoms with Gasteiger partial charge in [-0.2, -0.15) is 0 Å². The maximum absolute atomic E-state index is 12.2. The van der Waals surface area contributed by atoms with Crippen LogP contribution in [0.1, 0.15) is 26.3 Å². The number of Topliss-reactive ketones (excluding diaryl/α,β-unsaturated/α-hetero) is 1. The first kappa shape index (κ1) is 17.4. The summed E-state index contributed by atoms with van der Waals surface area (Å²) in [5.41, 5.74) is 0.614. The van der Waals surface area contributed by atoms with Crippen molar-refractivity contribution in [1.29, 1.82) is 0 Å². The Morgan fingerprint density at radius 1 is 1.08 bits per heavy atom. The molecule has 1 heterocycles. The second-order valence-corrected chi connectivity index (χ2v) is 5.62.